The molecule has 1 aliphatic heterocycles. The van der Waals surface area contributed by atoms with Gasteiger partial charge in [-0.05, 0) is 42.5 Å². The molecular formula is C20H14N4O2. The molecule has 0 radical (unpaired) electrons. The number of para-hydroxylation sites is 1. The van der Waals surface area contributed by atoms with Gasteiger partial charge >= 0.3 is 0 Å². The SMILES string of the molecule is O=C1\N=C/C=C\C=C/Oc2ccc3ncnc(c3c2)Nc2ccccc21. The maximum Gasteiger partial charge on any atom is 0.279 e. The standard InChI is InChI=1S/C20H14N4O2/c25-20-15-6-2-3-7-18(15)24-19-16-12-14(8-9-17(16)22-13-23-19)26-11-5-1-4-10-21-20/h1-13H,(H,22,23,24)/b4-1-,11-5-,21-10-. The molecule has 0 fully saturated rings. The van der Waals surface area contributed by atoms with Gasteiger partial charge in [-0.1, -0.05) is 18.2 Å². The fourth-order valence-electron chi connectivity index (χ4n) is 2.57. The van der Waals surface area contributed by atoms with Gasteiger partial charge in [0.25, 0.3) is 5.91 Å². The number of benzene rings is 2. The van der Waals surface area contributed by atoms with Crippen LogP contribution in [0, 0.1) is 0 Å². The zero-order valence-corrected chi connectivity index (χ0v) is 13.7. The summed E-state index contributed by atoms with van der Waals surface area (Å²) in [5.74, 6) is 0.904. The Morgan fingerprint density at radius 1 is 0.962 bits per heavy atom. The van der Waals surface area contributed by atoms with Gasteiger partial charge in [0, 0.05) is 11.6 Å². The molecule has 0 atom stereocenters. The Kier molecular flexibility index (Phi) is 4.22. The first kappa shape index (κ1) is 15.7. The Morgan fingerprint density at radius 2 is 1.88 bits per heavy atom. The lowest BCUT2D eigenvalue weighted by Gasteiger charge is -2.11. The molecule has 1 amide bonds. The zero-order chi connectivity index (χ0) is 17.8. The third-order valence-corrected chi connectivity index (χ3v) is 3.80. The Morgan fingerprint density at radius 3 is 2.85 bits per heavy atom. The molecule has 3 aromatic rings. The third kappa shape index (κ3) is 3.21. The van der Waals surface area contributed by atoms with E-state index in [0.29, 0.717) is 22.8 Å². The molecule has 2 bridgehead atoms. The average Bonchev–Trinajstić information content (AvgIpc) is 2.67. The number of anilines is 2. The second-order valence-electron chi connectivity index (χ2n) is 5.49. The van der Waals surface area contributed by atoms with Crippen molar-refractivity contribution in [3.05, 3.63) is 78.8 Å². The van der Waals surface area contributed by atoms with E-state index in [2.05, 4.69) is 20.3 Å². The predicted molar refractivity (Wildman–Crippen MR) is 101 cm³/mol. The molecule has 0 spiro atoms. The molecule has 2 heterocycles. The highest BCUT2D eigenvalue weighted by Crippen LogP contribution is 2.28. The number of nitrogens with zero attached hydrogens (tertiary/aromatic N) is 3. The number of hydrogen-bond acceptors (Lipinski definition) is 5. The zero-order valence-electron chi connectivity index (χ0n) is 13.7. The van der Waals surface area contributed by atoms with Crippen LogP contribution in [-0.2, 0) is 0 Å². The molecular weight excluding hydrogens is 328 g/mol. The van der Waals surface area contributed by atoms with Crippen LogP contribution in [0.15, 0.2) is 78.3 Å². The summed E-state index contributed by atoms with van der Waals surface area (Å²) >= 11 is 0. The highest BCUT2D eigenvalue weighted by Gasteiger charge is 2.12. The quantitative estimate of drug-likeness (QED) is 0.667. The van der Waals surface area contributed by atoms with Gasteiger partial charge in [0.1, 0.15) is 17.9 Å². The second kappa shape index (κ2) is 6.98. The third-order valence-electron chi connectivity index (χ3n) is 3.80. The maximum atomic E-state index is 12.4. The Balaban J connectivity index is 1.89. The fourth-order valence-corrected chi connectivity index (χ4v) is 2.57. The number of carbonyl (C=O) groups excluding carboxylic acids is 1. The van der Waals surface area contributed by atoms with Crippen LogP contribution in [0.2, 0.25) is 0 Å². The summed E-state index contributed by atoms with van der Waals surface area (Å²) in [5, 5.41) is 4.01. The monoisotopic (exact) mass is 342 g/mol. The van der Waals surface area contributed by atoms with Crippen LogP contribution in [0.25, 0.3) is 10.9 Å². The second-order valence-corrected chi connectivity index (χ2v) is 5.49. The molecule has 0 saturated carbocycles. The molecule has 0 aliphatic carbocycles. The van der Waals surface area contributed by atoms with E-state index in [9.17, 15) is 4.79 Å². The number of hydrogen-bond donors (Lipinski definition) is 1. The molecule has 0 saturated heterocycles. The van der Waals surface area contributed by atoms with Gasteiger partial charge in [0.05, 0.1) is 23.0 Å². The van der Waals surface area contributed by atoms with E-state index < -0.39 is 0 Å². The molecule has 2 aromatic carbocycles. The van der Waals surface area contributed by atoms with Gasteiger partial charge in [0.15, 0.2) is 0 Å². The van der Waals surface area contributed by atoms with E-state index in [0.717, 1.165) is 10.9 Å². The number of nitrogens with one attached hydrogen (secondary N) is 1. The Bertz CT molecular complexity index is 1070. The molecule has 6 heteroatoms. The molecule has 26 heavy (non-hydrogen) atoms. The van der Waals surface area contributed by atoms with E-state index in [-0.39, 0.29) is 5.91 Å². The van der Waals surface area contributed by atoms with Gasteiger partial charge in [-0.15, -0.1) is 0 Å². The van der Waals surface area contributed by atoms with E-state index in [1.54, 1.807) is 36.6 Å². The van der Waals surface area contributed by atoms with Crippen LogP contribution in [-0.4, -0.2) is 22.1 Å². The number of aliphatic imine (C=N–C) groups is 1. The molecule has 1 aliphatic rings. The number of aromatic nitrogens is 2. The van der Waals surface area contributed by atoms with Gasteiger partial charge in [-0.2, -0.15) is 0 Å². The number of rotatable bonds is 0. The fraction of sp³-hybridized carbons (Fsp3) is 0. The summed E-state index contributed by atoms with van der Waals surface area (Å²) in [6.07, 6.45) is 9.60. The molecule has 126 valence electrons. The number of carbonyl (C=O) groups is 1. The van der Waals surface area contributed by atoms with Crippen molar-refractivity contribution in [1.82, 2.24) is 9.97 Å². The lowest BCUT2D eigenvalue weighted by molar-refractivity contribution is 0.100. The molecule has 1 aromatic heterocycles. The van der Waals surface area contributed by atoms with Crippen molar-refractivity contribution in [2.24, 2.45) is 4.99 Å². The van der Waals surface area contributed by atoms with E-state index in [1.165, 1.54) is 12.5 Å². The van der Waals surface area contributed by atoms with Crippen LogP contribution < -0.4 is 10.1 Å². The van der Waals surface area contributed by atoms with E-state index >= 15 is 0 Å². The predicted octanol–water partition coefficient (Wildman–Crippen LogP) is 4.05. The highest BCUT2D eigenvalue weighted by molar-refractivity contribution is 6.05. The largest absolute Gasteiger partial charge is 0.465 e. The Labute approximate surface area is 149 Å². The summed E-state index contributed by atoms with van der Waals surface area (Å²) in [6, 6.07) is 12.7. The lowest BCUT2D eigenvalue weighted by atomic mass is 10.1. The van der Waals surface area contributed by atoms with Crippen molar-refractivity contribution in [2.45, 2.75) is 0 Å². The smallest absolute Gasteiger partial charge is 0.279 e. The average molecular weight is 342 g/mol. The van der Waals surface area contributed by atoms with Gasteiger partial charge in [-0.25, -0.2) is 15.0 Å². The van der Waals surface area contributed by atoms with E-state index in [1.807, 2.05) is 30.3 Å². The van der Waals surface area contributed by atoms with Crippen LogP contribution >= 0.6 is 0 Å². The minimum absolute atomic E-state index is 0.341. The number of allylic oxidation sites excluding steroid dienone is 3. The maximum absolute atomic E-state index is 12.4. The van der Waals surface area contributed by atoms with Crippen LogP contribution in [0.3, 0.4) is 0 Å². The highest BCUT2D eigenvalue weighted by atomic mass is 16.5. The summed E-state index contributed by atoms with van der Waals surface area (Å²) < 4.78 is 5.61. The summed E-state index contributed by atoms with van der Waals surface area (Å²) in [6.45, 7) is 0. The van der Waals surface area contributed by atoms with Crippen molar-refractivity contribution in [1.29, 1.82) is 0 Å². The molecule has 1 N–H and O–H groups in total. The van der Waals surface area contributed by atoms with Crippen LogP contribution in [0.4, 0.5) is 11.5 Å². The number of ether oxygens (including phenoxy) is 1. The summed E-state index contributed by atoms with van der Waals surface area (Å²) in [4.78, 5) is 25.0. The number of fused-ring (bicyclic) bond motifs is 2. The summed E-state index contributed by atoms with van der Waals surface area (Å²) in [7, 11) is 0. The minimum Gasteiger partial charge on any atom is -0.465 e. The van der Waals surface area contributed by atoms with Crippen LogP contribution in [0.5, 0.6) is 5.75 Å². The van der Waals surface area contributed by atoms with Crippen LogP contribution in [0.1, 0.15) is 10.4 Å². The van der Waals surface area contributed by atoms with Crippen molar-refractivity contribution in [3.8, 4) is 5.75 Å². The molecule has 4 rings (SSSR count). The summed E-state index contributed by atoms with van der Waals surface area (Å²) in [5.41, 5.74) is 1.85. The number of amides is 1. The Hall–Kier alpha value is -3.80. The first-order valence-electron chi connectivity index (χ1n) is 7.99. The first-order chi connectivity index (χ1) is 12.8. The van der Waals surface area contributed by atoms with Crippen molar-refractivity contribution >= 4 is 34.5 Å². The molecule has 6 nitrogen and oxygen atoms in total. The van der Waals surface area contributed by atoms with E-state index in [4.69, 9.17) is 4.74 Å². The molecule has 0 unspecified atom stereocenters. The lowest BCUT2D eigenvalue weighted by Crippen LogP contribution is -2.03. The van der Waals surface area contributed by atoms with Gasteiger partial charge in [-0.3, -0.25) is 4.79 Å². The first-order valence-corrected chi connectivity index (χ1v) is 7.99. The van der Waals surface area contributed by atoms with Gasteiger partial charge in [0.2, 0.25) is 0 Å². The van der Waals surface area contributed by atoms with Gasteiger partial charge < -0.3 is 10.1 Å². The normalized spacial score (nSPS) is 17.3. The minimum atomic E-state index is -0.341. The topological polar surface area (TPSA) is 76.5 Å². The van der Waals surface area contributed by atoms with Crippen molar-refractivity contribution in [2.75, 3.05) is 5.32 Å². The van der Waals surface area contributed by atoms with Crippen molar-refractivity contribution in [3.63, 3.8) is 0 Å². The van der Waals surface area contributed by atoms with Crippen molar-refractivity contribution < 1.29 is 9.53 Å².